The fourth-order valence-electron chi connectivity index (χ4n) is 4.65. The van der Waals surface area contributed by atoms with E-state index < -0.39 is 11.5 Å². The van der Waals surface area contributed by atoms with Gasteiger partial charge in [-0.15, -0.1) is 0 Å². The van der Waals surface area contributed by atoms with E-state index in [0.29, 0.717) is 23.3 Å². The van der Waals surface area contributed by atoms with E-state index in [0.717, 1.165) is 49.1 Å². The molecule has 7 heteroatoms. The molecule has 1 aromatic heterocycles. The zero-order chi connectivity index (χ0) is 22.8. The second-order valence-corrected chi connectivity index (χ2v) is 8.72. The summed E-state index contributed by atoms with van der Waals surface area (Å²) in [6, 6.07) is 17.6. The van der Waals surface area contributed by atoms with Gasteiger partial charge in [0.1, 0.15) is 11.4 Å². The van der Waals surface area contributed by atoms with E-state index in [9.17, 15) is 9.59 Å². The summed E-state index contributed by atoms with van der Waals surface area (Å²) in [6.45, 7) is 2.46. The van der Waals surface area contributed by atoms with E-state index in [-0.39, 0.29) is 5.78 Å². The highest BCUT2D eigenvalue weighted by molar-refractivity contribution is 6.01. The van der Waals surface area contributed by atoms with Gasteiger partial charge in [-0.05, 0) is 35.9 Å². The summed E-state index contributed by atoms with van der Waals surface area (Å²) in [6.07, 6.45) is 4.67. The number of carbonyl (C=O) groups excluding carboxylic acids is 2. The van der Waals surface area contributed by atoms with Crippen molar-refractivity contribution in [2.75, 3.05) is 13.1 Å². The topological polar surface area (TPSA) is 91.8 Å². The Morgan fingerprint density at radius 2 is 1.97 bits per heavy atom. The second-order valence-electron chi connectivity index (χ2n) is 8.72. The third-order valence-electron chi connectivity index (χ3n) is 6.46. The Kier molecular flexibility index (Phi) is 5.66. The van der Waals surface area contributed by atoms with Crippen molar-refractivity contribution in [1.82, 2.24) is 15.4 Å². The van der Waals surface area contributed by atoms with Crippen LogP contribution in [0, 0.1) is 0 Å². The number of benzene rings is 2. The summed E-state index contributed by atoms with van der Waals surface area (Å²) >= 11 is 0. The fourth-order valence-corrected chi connectivity index (χ4v) is 4.65. The Morgan fingerprint density at radius 3 is 2.79 bits per heavy atom. The second kappa shape index (κ2) is 8.77. The number of amides is 1. The molecule has 0 aliphatic carbocycles. The minimum atomic E-state index is -0.625. The summed E-state index contributed by atoms with van der Waals surface area (Å²) < 4.78 is 6.38. The van der Waals surface area contributed by atoms with Gasteiger partial charge in [-0.2, -0.15) is 0 Å². The number of para-hydroxylation sites is 1. The molecule has 2 N–H and O–H groups in total. The monoisotopic (exact) mass is 443 g/mol. The number of hydroxylamine groups is 1. The number of Topliss-reactive ketones (excluding diaryl/α,β-unsaturated/α-hetero) is 1. The lowest BCUT2D eigenvalue weighted by molar-refractivity contribution is -0.124. The SMILES string of the molecule is O=C(/C=C/c1ccc2c(c1)C(=O)CC1(CCN(Cc3ccc4ccccc4n3)CC1)O2)NO. The van der Waals surface area contributed by atoms with Gasteiger partial charge in [0.2, 0.25) is 0 Å². The molecule has 168 valence electrons. The van der Waals surface area contributed by atoms with Crippen molar-refractivity contribution in [3.63, 3.8) is 0 Å². The van der Waals surface area contributed by atoms with Crippen LogP contribution in [0.1, 0.15) is 40.9 Å². The number of aromatic nitrogens is 1. The Balaban J connectivity index is 1.25. The van der Waals surface area contributed by atoms with Crippen LogP contribution >= 0.6 is 0 Å². The average Bonchev–Trinajstić information content (AvgIpc) is 2.84. The number of ketones is 1. The normalized spacial score (nSPS) is 17.8. The molecule has 2 aliphatic rings. The molecule has 1 fully saturated rings. The number of nitrogens with one attached hydrogen (secondary N) is 1. The van der Waals surface area contributed by atoms with Gasteiger partial charge in [0.15, 0.2) is 5.78 Å². The zero-order valence-electron chi connectivity index (χ0n) is 18.2. The van der Waals surface area contributed by atoms with Crippen molar-refractivity contribution in [2.24, 2.45) is 0 Å². The van der Waals surface area contributed by atoms with Crippen molar-refractivity contribution >= 4 is 28.7 Å². The first-order valence-electron chi connectivity index (χ1n) is 11.1. The predicted molar refractivity (Wildman–Crippen MR) is 124 cm³/mol. The number of carbonyl (C=O) groups is 2. The van der Waals surface area contributed by atoms with Gasteiger partial charge in [0, 0.05) is 43.9 Å². The van der Waals surface area contributed by atoms with Crippen LogP contribution in [0.3, 0.4) is 0 Å². The van der Waals surface area contributed by atoms with E-state index in [2.05, 4.69) is 23.1 Å². The first-order chi connectivity index (χ1) is 16.0. The molecule has 1 spiro atoms. The highest BCUT2D eigenvalue weighted by Gasteiger charge is 2.42. The predicted octanol–water partition coefficient (Wildman–Crippen LogP) is 3.75. The molecular weight excluding hydrogens is 418 g/mol. The molecule has 1 saturated heterocycles. The Morgan fingerprint density at radius 1 is 1.15 bits per heavy atom. The van der Waals surface area contributed by atoms with Crippen LogP contribution in [0.2, 0.25) is 0 Å². The summed E-state index contributed by atoms with van der Waals surface area (Å²) in [4.78, 5) is 31.3. The molecule has 0 unspecified atom stereocenters. The molecule has 5 rings (SSSR count). The number of pyridine rings is 1. The summed E-state index contributed by atoms with van der Waals surface area (Å²) in [5, 5.41) is 9.74. The zero-order valence-corrected chi connectivity index (χ0v) is 18.2. The minimum Gasteiger partial charge on any atom is -0.486 e. The smallest absolute Gasteiger partial charge is 0.267 e. The molecule has 2 aliphatic heterocycles. The van der Waals surface area contributed by atoms with Gasteiger partial charge < -0.3 is 4.74 Å². The number of hydrogen-bond acceptors (Lipinski definition) is 6. The van der Waals surface area contributed by atoms with Crippen molar-refractivity contribution in [2.45, 2.75) is 31.4 Å². The van der Waals surface area contributed by atoms with Crippen LogP contribution in [-0.4, -0.2) is 45.5 Å². The van der Waals surface area contributed by atoms with Crippen molar-refractivity contribution in [3.05, 3.63) is 77.5 Å². The molecule has 3 aromatic rings. The highest BCUT2D eigenvalue weighted by Crippen LogP contribution is 2.40. The van der Waals surface area contributed by atoms with Crippen LogP contribution in [0.4, 0.5) is 0 Å². The Bertz CT molecular complexity index is 1250. The van der Waals surface area contributed by atoms with Crippen LogP contribution in [0.25, 0.3) is 17.0 Å². The van der Waals surface area contributed by atoms with Crippen molar-refractivity contribution in [1.29, 1.82) is 0 Å². The fraction of sp³-hybridized carbons (Fsp3) is 0.269. The maximum Gasteiger partial charge on any atom is 0.267 e. The van der Waals surface area contributed by atoms with Crippen LogP contribution in [0.15, 0.2) is 60.7 Å². The summed E-state index contributed by atoms with van der Waals surface area (Å²) in [7, 11) is 0. The first kappa shape index (κ1) is 21.3. The molecule has 7 nitrogen and oxygen atoms in total. The molecule has 1 amide bonds. The molecular formula is C26H25N3O4. The minimum absolute atomic E-state index is 0.0581. The third kappa shape index (κ3) is 4.51. The summed E-state index contributed by atoms with van der Waals surface area (Å²) in [5.41, 5.74) is 4.37. The number of likely N-dealkylation sites (tertiary alicyclic amines) is 1. The molecule has 2 aromatic carbocycles. The molecule has 0 radical (unpaired) electrons. The van der Waals surface area contributed by atoms with Crippen LogP contribution in [-0.2, 0) is 11.3 Å². The van der Waals surface area contributed by atoms with Gasteiger partial charge in [-0.3, -0.25) is 24.7 Å². The number of rotatable bonds is 4. The number of nitrogens with zero attached hydrogens (tertiary/aromatic N) is 2. The lowest BCUT2D eigenvalue weighted by atomic mass is 9.82. The standard InChI is InChI=1S/C26H25N3O4/c30-23-16-26(33-24-9-5-18(15-21(23)24)6-10-25(31)28-32)11-13-29(14-12-26)17-20-8-7-19-3-1-2-4-22(19)27-20/h1-10,15,32H,11-14,16-17H2,(H,28,31)/b10-6+. The van der Waals surface area contributed by atoms with E-state index in [1.54, 1.807) is 29.8 Å². The van der Waals surface area contributed by atoms with Gasteiger partial charge in [0.05, 0.1) is 23.2 Å². The van der Waals surface area contributed by atoms with Crippen molar-refractivity contribution < 1.29 is 19.5 Å². The van der Waals surface area contributed by atoms with E-state index in [1.165, 1.54) is 6.08 Å². The van der Waals surface area contributed by atoms with Crippen molar-refractivity contribution in [3.8, 4) is 5.75 Å². The number of ether oxygens (including phenoxy) is 1. The van der Waals surface area contributed by atoms with Crippen LogP contribution in [0.5, 0.6) is 5.75 Å². The highest BCUT2D eigenvalue weighted by atomic mass is 16.5. The van der Waals surface area contributed by atoms with Gasteiger partial charge in [-0.1, -0.05) is 30.3 Å². The molecule has 33 heavy (non-hydrogen) atoms. The molecule has 0 bridgehead atoms. The average molecular weight is 444 g/mol. The van der Waals surface area contributed by atoms with E-state index in [4.69, 9.17) is 14.9 Å². The number of fused-ring (bicyclic) bond motifs is 2. The Hall–Kier alpha value is -3.55. The molecule has 0 saturated carbocycles. The number of hydrogen-bond donors (Lipinski definition) is 2. The lowest BCUT2D eigenvalue weighted by Crippen LogP contribution is -2.50. The third-order valence-corrected chi connectivity index (χ3v) is 6.46. The molecule has 3 heterocycles. The van der Waals surface area contributed by atoms with E-state index in [1.807, 2.05) is 18.2 Å². The first-order valence-corrected chi connectivity index (χ1v) is 11.1. The van der Waals surface area contributed by atoms with Gasteiger partial charge in [-0.25, -0.2) is 5.48 Å². The number of piperidine rings is 1. The van der Waals surface area contributed by atoms with Gasteiger partial charge in [0.25, 0.3) is 5.91 Å². The quantitative estimate of drug-likeness (QED) is 0.363. The molecule has 0 atom stereocenters. The van der Waals surface area contributed by atoms with Crippen LogP contribution < -0.4 is 10.2 Å². The van der Waals surface area contributed by atoms with Gasteiger partial charge >= 0.3 is 0 Å². The van der Waals surface area contributed by atoms with E-state index >= 15 is 0 Å². The maximum absolute atomic E-state index is 13.0. The Labute approximate surface area is 191 Å². The summed E-state index contributed by atoms with van der Waals surface area (Å²) in [5.74, 6) is 0.0299. The largest absolute Gasteiger partial charge is 0.486 e. The maximum atomic E-state index is 13.0. The lowest BCUT2D eigenvalue weighted by Gasteiger charge is -2.44.